The SMILES string of the molecule is O=C(C[C@@H](CCCc1ccc(F)cc1)C(=O)N[C@@H](CC1CCCCC1)C(=O)NCCc1ccccc1)NO. The van der Waals surface area contributed by atoms with Gasteiger partial charge in [0.1, 0.15) is 11.9 Å². The number of carbonyl (C=O) groups is 3. The van der Waals surface area contributed by atoms with Crippen molar-refractivity contribution >= 4 is 17.7 Å². The molecular formula is C30H40FN3O4. The van der Waals surface area contributed by atoms with Crippen LogP contribution in [0, 0.1) is 17.7 Å². The normalized spacial score (nSPS) is 15.3. The summed E-state index contributed by atoms with van der Waals surface area (Å²) in [7, 11) is 0. The van der Waals surface area contributed by atoms with Gasteiger partial charge in [-0.3, -0.25) is 19.6 Å². The standard InChI is InChI=1S/C30H40FN3O4/c31-26-16-14-23(15-17-26)12-7-13-25(21-28(35)34-38)29(36)33-27(20-24-10-5-2-6-11-24)30(37)32-19-18-22-8-3-1-4-9-22/h1,3-4,8-9,14-17,24-25,27,38H,2,5-7,10-13,18-21H2,(H,32,37)(H,33,36)(H,34,35)/t25-,27+/m1/s1. The van der Waals surface area contributed by atoms with Crippen molar-refractivity contribution in [1.29, 1.82) is 0 Å². The third-order valence-corrected chi connectivity index (χ3v) is 7.34. The van der Waals surface area contributed by atoms with Crippen LogP contribution >= 0.6 is 0 Å². The van der Waals surface area contributed by atoms with Crippen LogP contribution in [0.5, 0.6) is 0 Å². The summed E-state index contributed by atoms with van der Waals surface area (Å²) in [5.74, 6) is -1.87. The highest BCUT2D eigenvalue weighted by Crippen LogP contribution is 2.27. The van der Waals surface area contributed by atoms with E-state index in [-0.39, 0.29) is 24.1 Å². The number of amides is 3. The highest BCUT2D eigenvalue weighted by atomic mass is 19.1. The number of rotatable bonds is 14. The van der Waals surface area contributed by atoms with Crippen molar-refractivity contribution in [1.82, 2.24) is 16.1 Å². The lowest BCUT2D eigenvalue weighted by atomic mass is 9.84. The fraction of sp³-hybridized carbons (Fsp3) is 0.500. The van der Waals surface area contributed by atoms with E-state index in [9.17, 15) is 18.8 Å². The smallest absolute Gasteiger partial charge is 0.244 e. The predicted octanol–water partition coefficient (Wildman–Crippen LogP) is 4.47. The van der Waals surface area contributed by atoms with Crippen molar-refractivity contribution < 1.29 is 24.0 Å². The molecule has 2 aromatic carbocycles. The number of benzene rings is 2. The number of hydrogen-bond acceptors (Lipinski definition) is 4. The number of carbonyl (C=O) groups excluding carboxylic acids is 3. The van der Waals surface area contributed by atoms with E-state index in [0.717, 1.165) is 36.8 Å². The third-order valence-electron chi connectivity index (χ3n) is 7.34. The molecule has 0 bridgehead atoms. The van der Waals surface area contributed by atoms with Crippen molar-refractivity contribution in [2.75, 3.05) is 6.54 Å². The average molecular weight is 526 g/mol. The van der Waals surface area contributed by atoms with E-state index in [1.165, 1.54) is 18.6 Å². The molecule has 8 heteroatoms. The first-order valence-electron chi connectivity index (χ1n) is 13.7. The second kappa shape index (κ2) is 15.9. The molecule has 3 amide bonds. The van der Waals surface area contributed by atoms with Crippen LogP contribution in [0.2, 0.25) is 0 Å². The van der Waals surface area contributed by atoms with Gasteiger partial charge in [0, 0.05) is 18.9 Å². The van der Waals surface area contributed by atoms with Gasteiger partial charge in [-0.05, 0) is 61.3 Å². The Labute approximate surface area is 224 Å². The van der Waals surface area contributed by atoms with Crippen LogP contribution in [-0.2, 0) is 27.2 Å². The molecule has 0 aliphatic heterocycles. The molecule has 0 radical (unpaired) electrons. The van der Waals surface area contributed by atoms with Crippen LogP contribution in [0.4, 0.5) is 4.39 Å². The monoisotopic (exact) mass is 525 g/mol. The average Bonchev–Trinajstić information content (AvgIpc) is 2.94. The van der Waals surface area contributed by atoms with Crippen LogP contribution in [-0.4, -0.2) is 35.5 Å². The van der Waals surface area contributed by atoms with Crippen LogP contribution in [0.3, 0.4) is 0 Å². The summed E-state index contributed by atoms with van der Waals surface area (Å²) in [6.07, 6.45) is 8.22. The fourth-order valence-electron chi connectivity index (χ4n) is 5.17. The quantitative estimate of drug-likeness (QED) is 0.216. The van der Waals surface area contributed by atoms with E-state index in [1.54, 1.807) is 17.6 Å². The first-order chi connectivity index (χ1) is 18.4. The highest BCUT2D eigenvalue weighted by molar-refractivity contribution is 5.90. The Morgan fingerprint density at radius 3 is 2.26 bits per heavy atom. The van der Waals surface area contributed by atoms with Crippen molar-refractivity contribution in [2.24, 2.45) is 11.8 Å². The van der Waals surface area contributed by atoms with Gasteiger partial charge in [-0.15, -0.1) is 0 Å². The Bertz CT molecular complexity index is 1010. The van der Waals surface area contributed by atoms with E-state index >= 15 is 0 Å². The van der Waals surface area contributed by atoms with Crippen molar-refractivity contribution in [2.45, 2.75) is 76.7 Å². The Morgan fingerprint density at radius 1 is 0.895 bits per heavy atom. The lowest BCUT2D eigenvalue weighted by molar-refractivity contribution is -0.136. The number of halogens is 1. The lowest BCUT2D eigenvalue weighted by Crippen LogP contribution is -2.50. The second-order valence-electron chi connectivity index (χ2n) is 10.3. The van der Waals surface area contributed by atoms with Crippen LogP contribution in [0.15, 0.2) is 54.6 Å². The van der Waals surface area contributed by atoms with Gasteiger partial charge in [0.05, 0.1) is 0 Å². The summed E-state index contributed by atoms with van der Waals surface area (Å²) in [4.78, 5) is 38.5. The predicted molar refractivity (Wildman–Crippen MR) is 144 cm³/mol. The number of nitrogens with one attached hydrogen (secondary N) is 3. The van der Waals surface area contributed by atoms with Gasteiger partial charge < -0.3 is 10.6 Å². The number of aryl methyl sites for hydroxylation is 1. The van der Waals surface area contributed by atoms with Crippen molar-refractivity contribution in [3.63, 3.8) is 0 Å². The molecule has 0 aromatic heterocycles. The fourth-order valence-corrected chi connectivity index (χ4v) is 5.17. The van der Waals surface area contributed by atoms with E-state index < -0.39 is 17.9 Å². The van der Waals surface area contributed by atoms with Gasteiger partial charge in [-0.25, -0.2) is 9.87 Å². The molecule has 0 saturated heterocycles. The molecule has 0 spiro atoms. The lowest BCUT2D eigenvalue weighted by Gasteiger charge is -2.28. The zero-order chi connectivity index (χ0) is 27.2. The zero-order valence-electron chi connectivity index (χ0n) is 22.0. The van der Waals surface area contributed by atoms with Gasteiger partial charge in [-0.1, -0.05) is 74.6 Å². The molecule has 2 atom stereocenters. The Morgan fingerprint density at radius 2 is 1.58 bits per heavy atom. The summed E-state index contributed by atoms with van der Waals surface area (Å²) in [6.45, 7) is 0.466. The molecule has 1 aliphatic rings. The van der Waals surface area contributed by atoms with Crippen molar-refractivity contribution in [3.05, 3.63) is 71.5 Å². The van der Waals surface area contributed by atoms with Gasteiger partial charge in [0.2, 0.25) is 17.7 Å². The highest BCUT2D eigenvalue weighted by Gasteiger charge is 2.29. The third kappa shape index (κ3) is 10.2. The maximum atomic E-state index is 13.3. The summed E-state index contributed by atoms with van der Waals surface area (Å²) < 4.78 is 13.2. The molecule has 1 fully saturated rings. The first kappa shape index (κ1) is 29.3. The first-order valence-corrected chi connectivity index (χ1v) is 13.7. The molecule has 1 aliphatic carbocycles. The largest absolute Gasteiger partial charge is 0.354 e. The molecular weight excluding hydrogens is 485 g/mol. The Balaban J connectivity index is 1.61. The molecule has 7 nitrogen and oxygen atoms in total. The molecule has 0 heterocycles. The maximum absolute atomic E-state index is 13.3. The van der Waals surface area contributed by atoms with Crippen LogP contribution in [0.25, 0.3) is 0 Å². The molecule has 2 aromatic rings. The van der Waals surface area contributed by atoms with Gasteiger partial charge in [-0.2, -0.15) is 0 Å². The minimum Gasteiger partial charge on any atom is -0.354 e. The van der Waals surface area contributed by atoms with E-state index in [1.807, 2.05) is 30.3 Å². The zero-order valence-corrected chi connectivity index (χ0v) is 22.0. The topological polar surface area (TPSA) is 108 Å². The van der Waals surface area contributed by atoms with E-state index in [2.05, 4.69) is 10.6 Å². The molecule has 3 rings (SSSR count). The van der Waals surface area contributed by atoms with Crippen LogP contribution < -0.4 is 16.1 Å². The second-order valence-corrected chi connectivity index (χ2v) is 10.3. The van der Waals surface area contributed by atoms with E-state index in [0.29, 0.717) is 44.6 Å². The molecule has 206 valence electrons. The van der Waals surface area contributed by atoms with Crippen LogP contribution in [0.1, 0.15) is 68.9 Å². The Hall–Kier alpha value is -3.26. The number of hydrogen-bond donors (Lipinski definition) is 4. The molecule has 38 heavy (non-hydrogen) atoms. The van der Waals surface area contributed by atoms with Gasteiger partial charge >= 0.3 is 0 Å². The summed E-state index contributed by atoms with van der Waals surface area (Å²) in [5.41, 5.74) is 3.67. The van der Waals surface area contributed by atoms with Gasteiger partial charge in [0.15, 0.2) is 0 Å². The van der Waals surface area contributed by atoms with Crippen molar-refractivity contribution in [3.8, 4) is 0 Å². The number of hydroxylamine groups is 1. The minimum absolute atomic E-state index is 0.183. The molecule has 4 N–H and O–H groups in total. The minimum atomic E-state index is -0.700. The summed E-state index contributed by atoms with van der Waals surface area (Å²) in [5, 5.41) is 15.0. The Kier molecular flexibility index (Phi) is 12.2. The summed E-state index contributed by atoms with van der Waals surface area (Å²) >= 11 is 0. The van der Waals surface area contributed by atoms with Gasteiger partial charge in [0.25, 0.3) is 0 Å². The van der Waals surface area contributed by atoms with E-state index in [4.69, 9.17) is 5.21 Å². The molecule has 1 saturated carbocycles. The maximum Gasteiger partial charge on any atom is 0.244 e. The summed E-state index contributed by atoms with van der Waals surface area (Å²) in [6, 6.07) is 15.4. The molecule has 0 unspecified atom stereocenters.